The zero-order valence-corrected chi connectivity index (χ0v) is 22.3. The summed E-state index contributed by atoms with van der Waals surface area (Å²) in [6, 6.07) is 9.96. The highest BCUT2D eigenvalue weighted by Gasteiger charge is 2.27. The number of benzene rings is 2. The third-order valence-corrected chi connectivity index (χ3v) is 7.00. The van der Waals surface area contributed by atoms with Gasteiger partial charge in [-0.2, -0.15) is 3.71 Å². The fraction of sp³-hybridized carbons (Fsp3) is 0.143. The van der Waals surface area contributed by atoms with Crippen LogP contribution in [-0.2, 0) is 30.9 Å². The molecule has 0 aliphatic rings. The Morgan fingerprint density at radius 3 is 2.25 bits per heavy atom. The van der Waals surface area contributed by atoms with Crippen LogP contribution in [0.1, 0.15) is 15.9 Å². The van der Waals surface area contributed by atoms with Crippen molar-refractivity contribution in [2.45, 2.75) is 6.92 Å². The van der Waals surface area contributed by atoms with Gasteiger partial charge in [0.25, 0.3) is 28.4 Å². The monoisotopic (exact) mass is 597 g/mol. The first-order valence-electron chi connectivity index (χ1n) is 9.93. The van der Waals surface area contributed by atoms with E-state index in [1.54, 1.807) is 37.5 Å². The van der Waals surface area contributed by atoms with Crippen LogP contribution >= 0.6 is 15.9 Å². The summed E-state index contributed by atoms with van der Waals surface area (Å²) in [6.07, 6.45) is 3.10. The minimum absolute atomic E-state index is 0.0318. The molecular formula is C21H20BrN5O7S2. The van der Waals surface area contributed by atoms with Crippen molar-refractivity contribution in [1.82, 2.24) is 15.3 Å². The maximum Gasteiger partial charge on any atom is 0.326 e. The molecule has 15 heteroatoms. The lowest BCUT2D eigenvalue weighted by molar-refractivity contribution is 0.0968. The van der Waals surface area contributed by atoms with Crippen LogP contribution in [0.5, 0.6) is 11.8 Å². The predicted octanol–water partition coefficient (Wildman–Crippen LogP) is 3.56. The van der Waals surface area contributed by atoms with Gasteiger partial charge in [-0.3, -0.25) is 18.5 Å². The number of aromatic nitrogens is 2. The van der Waals surface area contributed by atoms with Crippen molar-refractivity contribution in [1.29, 1.82) is 0 Å². The van der Waals surface area contributed by atoms with Gasteiger partial charge in [0.15, 0.2) is 0 Å². The van der Waals surface area contributed by atoms with E-state index in [1.807, 2.05) is 0 Å². The maximum absolute atomic E-state index is 12.8. The quantitative estimate of drug-likeness (QED) is 0.377. The number of anilines is 2. The molecule has 1 heterocycles. The molecule has 0 radical (unpaired) electrons. The number of nitrogens with zero attached hydrogens (tertiary/aromatic N) is 3. The van der Waals surface area contributed by atoms with E-state index in [1.165, 1.54) is 24.3 Å². The van der Waals surface area contributed by atoms with Crippen LogP contribution in [0, 0.1) is 6.92 Å². The van der Waals surface area contributed by atoms with E-state index in [-0.39, 0.29) is 17.3 Å². The van der Waals surface area contributed by atoms with Gasteiger partial charge in [-0.15, -0.1) is 0 Å². The van der Waals surface area contributed by atoms with Crippen LogP contribution in [0.15, 0.2) is 59.3 Å². The molecule has 1 aromatic heterocycles. The molecule has 0 saturated heterocycles. The molecule has 2 atom stereocenters. The molecule has 3 rings (SSSR count). The summed E-state index contributed by atoms with van der Waals surface area (Å²) in [5.74, 6) is -0.357. The number of para-hydroxylation sites is 1. The first-order chi connectivity index (χ1) is 17.2. The number of imide groups is 1. The van der Waals surface area contributed by atoms with Gasteiger partial charge in [-0.25, -0.2) is 23.2 Å². The molecule has 0 aliphatic carbocycles. The molecule has 12 nitrogen and oxygen atoms in total. The fourth-order valence-electron chi connectivity index (χ4n) is 2.80. The van der Waals surface area contributed by atoms with Gasteiger partial charge in [0.2, 0.25) is 0 Å². The van der Waals surface area contributed by atoms with Crippen molar-refractivity contribution >= 4 is 61.8 Å². The maximum atomic E-state index is 12.8. The van der Waals surface area contributed by atoms with E-state index in [2.05, 4.69) is 36.5 Å². The first-order valence-corrected chi connectivity index (χ1v) is 12.8. The number of ether oxygens (including phenoxy) is 1. The third kappa shape index (κ3) is 6.92. The summed E-state index contributed by atoms with van der Waals surface area (Å²) in [5, 5.41) is 4.73. The molecule has 0 aliphatic heterocycles. The average Bonchev–Trinajstić information content (AvgIpc) is 2.87. The summed E-state index contributed by atoms with van der Waals surface area (Å²) in [4.78, 5) is 33.4. The largest absolute Gasteiger partial charge is 0.424 e. The summed E-state index contributed by atoms with van der Waals surface area (Å²) < 4.78 is 41.1. The first kappa shape index (κ1) is 27.3. The number of urea groups is 1. The van der Waals surface area contributed by atoms with Crippen molar-refractivity contribution in [3.05, 3.63) is 70.5 Å². The topological polar surface area (TPSA) is 149 Å². The van der Waals surface area contributed by atoms with Crippen molar-refractivity contribution in [3.8, 4) is 11.8 Å². The molecule has 190 valence electrons. The lowest BCUT2D eigenvalue weighted by atomic mass is 10.1. The molecular weight excluding hydrogens is 578 g/mol. The van der Waals surface area contributed by atoms with Gasteiger partial charge in [0.1, 0.15) is 5.75 Å². The second-order valence-corrected chi connectivity index (χ2v) is 10.1. The predicted molar refractivity (Wildman–Crippen MR) is 137 cm³/mol. The van der Waals surface area contributed by atoms with Crippen molar-refractivity contribution in [2.24, 2.45) is 0 Å². The van der Waals surface area contributed by atoms with Crippen LogP contribution in [0.3, 0.4) is 0 Å². The van der Waals surface area contributed by atoms with E-state index in [4.69, 9.17) is 13.1 Å². The Kier molecular flexibility index (Phi) is 9.60. The molecule has 2 unspecified atom stereocenters. The summed E-state index contributed by atoms with van der Waals surface area (Å²) >= 11 is -1.22. The minimum atomic E-state index is -2.23. The standard InChI is InChI=1S/C21H20BrN5O7S2/c1-13-10-15(8-9-18(13)34-21-23-11-14(22)12-24-21)25-20(29)26-19(28)16-6-4-5-7-17(16)27(35(30)32-2)36(31)33-3/h4-12H,1-3H3,(H2,25,26,28,29). The van der Waals surface area contributed by atoms with Crippen molar-refractivity contribution in [3.63, 3.8) is 0 Å². The molecule has 2 aromatic carbocycles. The second-order valence-electron chi connectivity index (χ2n) is 6.72. The van der Waals surface area contributed by atoms with E-state index < -0.39 is 34.5 Å². The second kappa shape index (κ2) is 12.6. The molecule has 0 saturated carbocycles. The number of aryl methyl sites for hydroxylation is 1. The minimum Gasteiger partial charge on any atom is -0.424 e. The summed E-state index contributed by atoms with van der Waals surface area (Å²) in [5.41, 5.74) is 0.946. The van der Waals surface area contributed by atoms with Crippen LogP contribution in [0.25, 0.3) is 0 Å². The lowest BCUT2D eigenvalue weighted by Crippen LogP contribution is -2.36. The zero-order chi connectivity index (χ0) is 26.2. The van der Waals surface area contributed by atoms with Crippen LogP contribution in [-0.4, -0.2) is 44.5 Å². The van der Waals surface area contributed by atoms with Gasteiger partial charge < -0.3 is 10.1 Å². The molecule has 0 spiro atoms. The smallest absolute Gasteiger partial charge is 0.326 e. The van der Waals surface area contributed by atoms with Crippen LogP contribution in [0.4, 0.5) is 16.2 Å². The highest BCUT2D eigenvalue weighted by atomic mass is 79.9. The number of hydrogen-bond acceptors (Lipinski definition) is 9. The van der Waals surface area contributed by atoms with Crippen LogP contribution < -0.4 is 19.1 Å². The number of nitrogens with one attached hydrogen (secondary N) is 2. The van der Waals surface area contributed by atoms with Crippen molar-refractivity contribution in [2.75, 3.05) is 23.2 Å². The van der Waals surface area contributed by atoms with Crippen LogP contribution in [0.2, 0.25) is 0 Å². The molecule has 3 aromatic rings. The number of amides is 3. The molecule has 36 heavy (non-hydrogen) atoms. The number of carbonyl (C=O) groups is 2. The number of carbonyl (C=O) groups excluding carboxylic acids is 2. The van der Waals surface area contributed by atoms with Crippen molar-refractivity contribution < 1.29 is 31.1 Å². The third-order valence-electron chi connectivity index (χ3n) is 4.36. The van der Waals surface area contributed by atoms with Gasteiger partial charge >= 0.3 is 12.0 Å². The SMILES string of the molecule is COS(=O)N(c1ccccc1C(=O)NC(=O)Nc1ccc(Oc2ncc(Br)cn2)c(C)c1)S(=O)OC. The normalized spacial score (nSPS) is 12.3. The van der Waals surface area contributed by atoms with Gasteiger partial charge in [-0.1, -0.05) is 12.1 Å². The molecule has 0 fully saturated rings. The van der Waals surface area contributed by atoms with Gasteiger partial charge in [-0.05, 0) is 58.7 Å². The summed E-state index contributed by atoms with van der Waals surface area (Å²) in [7, 11) is 2.27. The molecule has 2 N–H and O–H groups in total. The summed E-state index contributed by atoms with van der Waals surface area (Å²) in [6.45, 7) is 1.76. The highest BCUT2D eigenvalue weighted by Crippen LogP contribution is 2.26. The Hall–Kier alpha value is -3.24. The Morgan fingerprint density at radius 1 is 1.00 bits per heavy atom. The fourth-order valence-corrected chi connectivity index (χ4v) is 4.67. The Balaban J connectivity index is 1.72. The van der Waals surface area contributed by atoms with E-state index in [0.29, 0.717) is 21.5 Å². The van der Waals surface area contributed by atoms with E-state index in [9.17, 15) is 18.0 Å². The number of halogens is 1. The molecule has 3 amide bonds. The number of hydrogen-bond donors (Lipinski definition) is 2. The van der Waals surface area contributed by atoms with E-state index in [0.717, 1.165) is 17.9 Å². The number of rotatable bonds is 9. The Labute approximate surface area is 220 Å². The van der Waals surface area contributed by atoms with Gasteiger partial charge in [0.05, 0.1) is 29.9 Å². The highest BCUT2D eigenvalue weighted by molar-refractivity contribution is 9.10. The van der Waals surface area contributed by atoms with E-state index >= 15 is 0 Å². The molecule has 0 bridgehead atoms. The Bertz CT molecular complexity index is 1290. The average molecular weight is 598 g/mol. The zero-order valence-electron chi connectivity index (χ0n) is 19.1. The Morgan fingerprint density at radius 2 is 1.64 bits per heavy atom. The lowest BCUT2D eigenvalue weighted by Gasteiger charge is -2.20. The van der Waals surface area contributed by atoms with Gasteiger partial charge in [0, 0.05) is 18.1 Å².